The van der Waals surface area contributed by atoms with Gasteiger partial charge in [-0.05, 0) is 19.4 Å². The molecule has 1 aromatic rings. The second-order valence-electron chi connectivity index (χ2n) is 4.50. The Kier molecular flexibility index (Phi) is 5.17. The molecule has 0 radical (unpaired) electrons. The summed E-state index contributed by atoms with van der Waals surface area (Å²) in [5.74, 6) is -0.292. The van der Waals surface area contributed by atoms with E-state index in [2.05, 4.69) is 10.3 Å². The number of aromatic nitrogens is 1. The summed E-state index contributed by atoms with van der Waals surface area (Å²) in [5, 5.41) is 2.88. The highest BCUT2D eigenvalue weighted by atomic mass is 35.5. The minimum Gasteiger partial charge on any atom is -0.379 e. The van der Waals surface area contributed by atoms with Crippen molar-refractivity contribution in [1.29, 1.82) is 0 Å². The Morgan fingerprint density at radius 3 is 3.15 bits per heavy atom. The van der Waals surface area contributed by atoms with E-state index in [0.29, 0.717) is 31.8 Å². The van der Waals surface area contributed by atoms with Crippen molar-refractivity contribution in [1.82, 2.24) is 10.3 Å². The van der Waals surface area contributed by atoms with E-state index in [1.54, 1.807) is 0 Å². The van der Waals surface area contributed by atoms with Crippen molar-refractivity contribution in [3.63, 3.8) is 0 Å². The number of rotatable bonds is 4. The van der Waals surface area contributed by atoms with Crippen LogP contribution in [0.2, 0.25) is 5.02 Å². The van der Waals surface area contributed by atoms with Crippen LogP contribution >= 0.6 is 11.6 Å². The van der Waals surface area contributed by atoms with Crippen LogP contribution in [0.4, 0.5) is 0 Å². The largest absolute Gasteiger partial charge is 0.379 e. The fourth-order valence-corrected chi connectivity index (χ4v) is 2.27. The van der Waals surface area contributed by atoms with Crippen LogP contribution in [0.15, 0.2) is 17.1 Å². The number of H-pyrrole nitrogens is 1. The molecule has 0 bridgehead atoms. The number of aromatic amines is 1. The monoisotopic (exact) mass is 300 g/mol. The first-order chi connectivity index (χ1) is 9.61. The van der Waals surface area contributed by atoms with E-state index < -0.39 is 5.56 Å². The van der Waals surface area contributed by atoms with Gasteiger partial charge < -0.3 is 19.8 Å². The van der Waals surface area contributed by atoms with E-state index in [-0.39, 0.29) is 23.1 Å². The van der Waals surface area contributed by atoms with Crippen LogP contribution in [-0.4, -0.2) is 42.9 Å². The molecule has 1 fully saturated rings. The predicted molar refractivity (Wildman–Crippen MR) is 74.2 cm³/mol. The molecule has 2 N–H and O–H groups in total. The minimum absolute atomic E-state index is 0.00835. The van der Waals surface area contributed by atoms with Gasteiger partial charge in [0, 0.05) is 19.4 Å². The van der Waals surface area contributed by atoms with Gasteiger partial charge in [0.15, 0.2) is 0 Å². The van der Waals surface area contributed by atoms with Gasteiger partial charge >= 0.3 is 0 Å². The summed E-state index contributed by atoms with van der Waals surface area (Å²) in [6.07, 6.45) is 1.88. The highest BCUT2D eigenvalue weighted by Gasteiger charge is 2.28. The Morgan fingerprint density at radius 2 is 2.45 bits per heavy atom. The van der Waals surface area contributed by atoms with Gasteiger partial charge in [-0.15, -0.1) is 0 Å². The standard InChI is InChI=1S/C13H17ClN2O4/c1-2-20-11-7-19-4-3-10(11)16-12(17)8-5-9(14)13(18)15-6-8/h5-6,10-11H,2-4,7H2,1H3,(H,15,18)(H,16,17)/t10-,11-/m0/s1. The second kappa shape index (κ2) is 6.88. The summed E-state index contributed by atoms with van der Waals surface area (Å²) in [4.78, 5) is 25.7. The first-order valence-corrected chi connectivity index (χ1v) is 6.88. The zero-order valence-electron chi connectivity index (χ0n) is 11.1. The lowest BCUT2D eigenvalue weighted by atomic mass is 10.1. The molecule has 0 unspecified atom stereocenters. The summed E-state index contributed by atoms with van der Waals surface area (Å²) in [5.41, 5.74) is -0.0992. The smallest absolute Gasteiger partial charge is 0.266 e. The summed E-state index contributed by atoms with van der Waals surface area (Å²) in [7, 11) is 0. The van der Waals surface area contributed by atoms with Gasteiger partial charge in [-0.3, -0.25) is 9.59 Å². The predicted octanol–water partition coefficient (Wildman–Crippen LogP) is 0.952. The average molecular weight is 301 g/mol. The third kappa shape index (κ3) is 3.59. The van der Waals surface area contributed by atoms with Crippen molar-refractivity contribution in [2.75, 3.05) is 19.8 Å². The SMILES string of the molecule is CCO[C@H]1COCC[C@@H]1NC(=O)c1c[nH]c(=O)c(Cl)c1. The summed E-state index contributed by atoms with van der Waals surface area (Å²) >= 11 is 5.71. The Bertz CT molecular complexity index is 529. The number of carbonyl (C=O) groups excluding carboxylic acids is 1. The molecule has 1 saturated heterocycles. The lowest BCUT2D eigenvalue weighted by Crippen LogP contribution is -2.50. The number of hydrogen-bond donors (Lipinski definition) is 2. The first kappa shape index (κ1) is 15.0. The van der Waals surface area contributed by atoms with Gasteiger partial charge in [0.2, 0.25) is 0 Å². The van der Waals surface area contributed by atoms with Crippen molar-refractivity contribution >= 4 is 17.5 Å². The third-order valence-electron chi connectivity index (χ3n) is 3.12. The third-order valence-corrected chi connectivity index (χ3v) is 3.40. The Hall–Kier alpha value is -1.37. The first-order valence-electron chi connectivity index (χ1n) is 6.50. The van der Waals surface area contributed by atoms with Gasteiger partial charge in [0.1, 0.15) is 11.1 Å². The van der Waals surface area contributed by atoms with Gasteiger partial charge in [0.25, 0.3) is 11.5 Å². The van der Waals surface area contributed by atoms with Crippen molar-refractivity contribution in [3.05, 3.63) is 33.2 Å². The van der Waals surface area contributed by atoms with Crippen LogP contribution in [0.3, 0.4) is 0 Å². The molecule has 0 aliphatic carbocycles. The highest BCUT2D eigenvalue weighted by Crippen LogP contribution is 2.13. The number of amides is 1. The fourth-order valence-electron chi connectivity index (χ4n) is 2.09. The molecular weight excluding hydrogens is 284 g/mol. The van der Waals surface area contributed by atoms with Crippen LogP contribution in [0.1, 0.15) is 23.7 Å². The van der Waals surface area contributed by atoms with E-state index in [9.17, 15) is 9.59 Å². The Labute approximate surface area is 121 Å². The van der Waals surface area contributed by atoms with Crippen molar-refractivity contribution in [2.45, 2.75) is 25.5 Å². The maximum atomic E-state index is 12.1. The van der Waals surface area contributed by atoms with Gasteiger partial charge in [-0.2, -0.15) is 0 Å². The molecule has 110 valence electrons. The molecule has 1 aliphatic heterocycles. The minimum atomic E-state index is -0.415. The summed E-state index contributed by atoms with van der Waals surface area (Å²) < 4.78 is 10.9. The molecular formula is C13H17ClN2O4. The molecule has 0 spiro atoms. The molecule has 1 aromatic heterocycles. The summed E-state index contributed by atoms with van der Waals surface area (Å²) in [6, 6.07) is 1.24. The molecule has 1 aliphatic rings. The van der Waals surface area contributed by atoms with Crippen LogP contribution < -0.4 is 10.9 Å². The zero-order chi connectivity index (χ0) is 14.5. The molecule has 6 nitrogen and oxygen atoms in total. The van der Waals surface area contributed by atoms with Gasteiger partial charge in [0.05, 0.1) is 18.2 Å². The van der Waals surface area contributed by atoms with E-state index in [4.69, 9.17) is 21.1 Å². The van der Waals surface area contributed by atoms with Gasteiger partial charge in [-0.25, -0.2) is 0 Å². The summed E-state index contributed by atoms with van der Waals surface area (Å²) in [6.45, 7) is 3.51. The molecule has 2 atom stereocenters. The molecule has 1 amide bonds. The number of carbonyl (C=O) groups is 1. The molecule has 2 rings (SSSR count). The fraction of sp³-hybridized carbons (Fsp3) is 0.538. The lowest BCUT2D eigenvalue weighted by molar-refractivity contribution is -0.0632. The quantitative estimate of drug-likeness (QED) is 0.867. The van der Waals surface area contributed by atoms with E-state index in [0.717, 1.165) is 0 Å². The normalized spacial score (nSPS) is 22.5. The molecule has 20 heavy (non-hydrogen) atoms. The topological polar surface area (TPSA) is 80.4 Å². The number of nitrogens with one attached hydrogen (secondary N) is 2. The maximum Gasteiger partial charge on any atom is 0.266 e. The molecule has 7 heteroatoms. The second-order valence-corrected chi connectivity index (χ2v) is 4.91. The molecule has 0 aromatic carbocycles. The molecule has 0 saturated carbocycles. The van der Waals surface area contributed by atoms with E-state index in [1.165, 1.54) is 12.3 Å². The maximum absolute atomic E-state index is 12.1. The van der Waals surface area contributed by atoms with E-state index >= 15 is 0 Å². The average Bonchev–Trinajstić information content (AvgIpc) is 2.44. The van der Waals surface area contributed by atoms with Crippen molar-refractivity contribution in [3.8, 4) is 0 Å². The number of ether oxygens (including phenoxy) is 2. The van der Waals surface area contributed by atoms with Gasteiger partial charge in [-0.1, -0.05) is 11.6 Å². The van der Waals surface area contributed by atoms with Crippen LogP contribution in [0.25, 0.3) is 0 Å². The van der Waals surface area contributed by atoms with Crippen molar-refractivity contribution < 1.29 is 14.3 Å². The molecule has 2 heterocycles. The number of pyridine rings is 1. The zero-order valence-corrected chi connectivity index (χ0v) is 11.9. The number of halogens is 1. The lowest BCUT2D eigenvalue weighted by Gasteiger charge is -2.31. The number of hydrogen-bond acceptors (Lipinski definition) is 4. The Balaban J connectivity index is 2.05. The highest BCUT2D eigenvalue weighted by molar-refractivity contribution is 6.30. The van der Waals surface area contributed by atoms with Crippen molar-refractivity contribution in [2.24, 2.45) is 0 Å². The van der Waals surface area contributed by atoms with Crippen LogP contribution in [0, 0.1) is 0 Å². The Morgan fingerprint density at radius 1 is 1.65 bits per heavy atom. The van der Waals surface area contributed by atoms with E-state index in [1.807, 2.05) is 6.92 Å². The van der Waals surface area contributed by atoms with Crippen LogP contribution in [0.5, 0.6) is 0 Å². The van der Waals surface area contributed by atoms with Crippen LogP contribution in [-0.2, 0) is 9.47 Å².